The van der Waals surface area contributed by atoms with E-state index in [1.54, 1.807) is 11.8 Å². The number of aromatic nitrogens is 2. The van der Waals surface area contributed by atoms with Crippen molar-refractivity contribution in [1.29, 1.82) is 0 Å². The van der Waals surface area contributed by atoms with Gasteiger partial charge >= 0.3 is 0 Å². The third kappa shape index (κ3) is 3.64. The van der Waals surface area contributed by atoms with Crippen LogP contribution in [0.5, 0.6) is 0 Å². The Kier molecular flexibility index (Phi) is 4.94. The highest BCUT2D eigenvalue weighted by molar-refractivity contribution is 7.98. The average molecular weight is 345 g/mol. The predicted octanol–water partition coefficient (Wildman–Crippen LogP) is 3.70. The van der Waals surface area contributed by atoms with Gasteiger partial charge in [-0.3, -0.25) is 4.79 Å². The third-order valence-corrected chi connectivity index (χ3v) is 5.47. The molecular formula is C18H23N3O2S. The van der Waals surface area contributed by atoms with E-state index in [4.69, 9.17) is 4.52 Å². The fraction of sp³-hybridized carbons (Fsp3) is 0.500. The lowest BCUT2D eigenvalue weighted by Gasteiger charge is -2.20. The molecule has 0 aliphatic carbocycles. The van der Waals surface area contributed by atoms with Crippen molar-refractivity contribution < 1.29 is 9.32 Å². The minimum Gasteiger partial charge on any atom is -0.339 e. The molecule has 1 aromatic heterocycles. The van der Waals surface area contributed by atoms with Gasteiger partial charge in [0.1, 0.15) is 0 Å². The lowest BCUT2D eigenvalue weighted by atomic mass is 10.1. The molecule has 0 N–H and O–H groups in total. The van der Waals surface area contributed by atoms with E-state index < -0.39 is 0 Å². The van der Waals surface area contributed by atoms with Crippen molar-refractivity contribution in [1.82, 2.24) is 15.0 Å². The summed E-state index contributed by atoms with van der Waals surface area (Å²) in [5.74, 6) is 2.13. The van der Waals surface area contributed by atoms with Crippen LogP contribution < -0.4 is 0 Å². The van der Waals surface area contributed by atoms with Crippen molar-refractivity contribution in [2.45, 2.75) is 56.7 Å². The second-order valence-electron chi connectivity index (χ2n) is 6.65. The summed E-state index contributed by atoms with van der Waals surface area (Å²) >= 11 is 1.71. The predicted molar refractivity (Wildman–Crippen MR) is 94.0 cm³/mol. The Balaban J connectivity index is 1.64. The van der Waals surface area contributed by atoms with Gasteiger partial charge in [-0.1, -0.05) is 22.9 Å². The van der Waals surface area contributed by atoms with Gasteiger partial charge in [-0.2, -0.15) is 4.98 Å². The standard InChI is InChI=1S/C18H23N3O2S/c1-11(2)21-9-14(8-17(21)22)18-19-16(20-23-18)10-24-15-7-12(3)5-6-13(15)4/h5-7,11,14H,8-10H2,1-4H3/t14-/m1/s1. The first-order valence-electron chi connectivity index (χ1n) is 8.26. The summed E-state index contributed by atoms with van der Waals surface area (Å²) in [6.45, 7) is 8.92. The Morgan fingerprint density at radius 2 is 2.17 bits per heavy atom. The Labute approximate surface area is 146 Å². The van der Waals surface area contributed by atoms with Crippen LogP contribution >= 0.6 is 11.8 Å². The number of carbonyl (C=O) groups excluding carboxylic acids is 1. The van der Waals surface area contributed by atoms with Gasteiger partial charge in [0.25, 0.3) is 0 Å². The summed E-state index contributed by atoms with van der Waals surface area (Å²) in [6.07, 6.45) is 0.462. The Morgan fingerprint density at radius 3 is 2.88 bits per heavy atom. The number of amides is 1. The van der Waals surface area contributed by atoms with Crippen LogP contribution in [0.1, 0.15) is 49.0 Å². The Morgan fingerprint density at radius 1 is 1.38 bits per heavy atom. The van der Waals surface area contributed by atoms with E-state index in [-0.39, 0.29) is 17.9 Å². The molecule has 0 spiro atoms. The van der Waals surface area contributed by atoms with E-state index in [1.807, 2.05) is 18.7 Å². The molecule has 1 atom stereocenters. The van der Waals surface area contributed by atoms with Crippen LogP contribution in [0, 0.1) is 13.8 Å². The summed E-state index contributed by atoms with van der Waals surface area (Å²) in [5.41, 5.74) is 2.50. The zero-order chi connectivity index (χ0) is 17.3. The molecule has 6 heteroatoms. The van der Waals surface area contributed by atoms with Gasteiger partial charge in [0.05, 0.1) is 11.7 Å². The molecule has 5 nitrogen and oxygen atoms in total. The van der Waals surface area contributed by atoms with Crippen molar-refractivity contribution in [3.63, 3.8) is 0 Å². The van der Waals surface area contributed by atoms with E-state index in [0.717, 1.165) is 0 Å². The number of carbonyl (C=O) groups is 1. The monoisotopic (exact) mass is 345 g/mol. The highest BCUT2D eigenvalue weighted by Gasteiger charge is 2.35. The molecule has 0 saturated carbocycles. The largest absolute Gasteiger partial charge is 0.339 e. The quantitative estimate of drug-likeness (QED) is 0.773. The fourth-order valence-corrected chi connectivity index (χ4v) is 3.86. The normalized spacial score (nSPS) is 18.0. The molecule has 128 valence electrons. The maximum Gasteiger partial charge on any atom is 0.232 e. The highest BCUT2D eigenvalue weighted by atomic mass is 32.2. The molecule has 1 saturated heterocycles. The minimum absolute atomic E-state index is 0.0202. The zero-order valence-corrected chi connectivity index (χ0v) is 15.4. The van der Waals surface area contributed by atoms with Crippen molar-refractivity contribution in [3.8, 4) is 0 Å². The zero-order valence-electron chi connectivity index (χ0n) is 14.6. The molecule has 0 bridgehead atoms. The summed E-state index contributed by atoms with van der Waals surface area (Å²) in [4.78, 5) is 19.6. The van der Waals surface area contributed by atoms with Gasteiger partial charge in [-0.15, -0.1) is 11.8 Å². The number of likely N-dealkylation sites (tertiary alicyclic amines) is 1. The number of thioether (sulfide) groups is 1. The van der Waals surface area contributed by atoms with Gasteiger partial charge < -0.3 is 9.42 Å². The number of aryl methyl sites for hydroxylation is 2. The number of rotatable bonds is 5. The van der Waals surface area contributed by atoms with Crippen LogP contribution in [0.4, 0.5) is 0 Å². The molecule has 1 fully saturated rings. The van der Waals surface area contributed by atoms with Crippen molar-refractivity contribution >= 4 is 17.7 Å². The van der Waals surface area contributed by atoms with Crippen LogP contribution in [0.15, 0.2) is 27.6 Å². The maximum absolute atomic E-state index is 12.0. The molecule has 1 aliphatic rings. The van der Waals surface area contributed by atoms with E-state index in [1.165, 1.54) is 16.0 Å². The first-order valence-corrected chi connectivity index (χ1v) is 9.24. The second kappa shape index (κ2) is 6.97. The van der Waals surface area contributed by atoms with E-state index in [0.29, 0.717) is 30.4 Å². The van der Waals surface area contributed by atoms with Gasteiger partial charge in [-0.25, -0.2) is 0 Å². The van der Waals surface area contributed by atoms with Gasteiger partial charge in [0.15, 0.2) is 5.82 Å². The SMILES string of the molecule is Cc1ccc(C)c(SCc2noc([C@@H]3CC(=O)N(C(C)C)C3)n2)c1. The lowest BCUT2D eigenvalue weighted by Crippen LogP contribution is -2.31. The van der Waals surface area contributed by atoms with Crippen LogP contribution in [-0.4, -0.2) is 33.5 Å². The molecule has 3 rings (SSSR count). The highest BCUT2D eigenvalue weighted by Crippen LogP contribution is 2.30. The molecule has 24 heavy (non-hydrogen) atoms. The Hall–Kier alpha value is -1.82. The summed E-state index contributed by atoms with van der Waals surface area (Å²) in [5, 5.41) is 4.09. The van der Waals surface area contributed by atoms with Crippen molar-refractivity contribution in [2.75, 3.05) is 6.54 Å². The molecule has 0 unspecified atom stereocenters. The topological polar surface area (TPSA) is 59.2 Å². The number of hydrogen-bond acceptors (Lipinski definition) is 5. The first kappa shape index (κ1) is 17.0. The summed E-state index contributed by atoms with van der Waals surface area (Å²) < 4.78 is 5.41. The molecule has 1 amide bonds. The summed E-state index contributed by atoms with van der Waals surface area (Å²) in [7, 11) is 0. The van der Waals surface area contributed by atoms with Crippen LogP contribution in [-0.2, 0) is 10.5 Å². The van der Waals surface area contributed by atoms with Crippen LogP contribution in [0.2, 0.25) is 0 Å². The molecule has 1 aromatic carbocycles. The minimum atomic E-state index is 0.0202. The van der Waals surface area contributed by atoms with E-state index in [9.17, 15) is 4.79 Å². The van der Waals surface area contributed by atoms with Crippen LogP contribution in [0.3, 0.4) is 0 Å². The molecule has 2 heterocycles. The maximum atomic E-state index is 12.0. The molecule has 0 radical (unpaired) electrons. The van der Waals surface area contributed by atoms with Crippen molar-refractivity contribution in [2.24, 2.45) is 0 Å². The van der Waals surface area contributed by atoms with Gasteiger partial charge in [0, 0.05) is 23.9 Å². The number of nitrogens with zero attached hydrogens (tertiary/aromatic N) is 3. The van der Waals surface area contributed by atoms with Crippen molar-refractivity contribution in [3.05, 3.63) is 41.0 Å². The fourth-order valence-electron chi connectivity index (χ4n) is 2.89. The number of benzene rings is 1. The molecule has 2 aromatic rings. The van der Waals surface area contributed by atoms with E-state index in [2.05, 4.69) is 42.2 Å². The summed E-state index contributed by atoms with van der Waals surface area (Å²) in [6, 6.07) is 6.63. The lowest BCUT2D eigenvalue weighted by molar-refractivity contribution is -0.129. The van der Waals surface area contributed by atoms with Gasteiger partial charge in [-0.05, 0) is 39.3 Å². The molecular weight excluding hydrogens is 322 g/mol. The Bertz CT molecular complexity index is 742. The number of hydrogen-bond donors (Lipinski definition) is 0. The van der Waals surface area contributed by atoms with Crippen LogP contribution in [0.25, 0.3) is 0 Å². The van der Waals surface area contributed by atoms with Gasteiger partial charge in [0.2, 0.25) is 11.8 Å². The first-order chi connectivity index (χ1) is 11.4. The second-order valence-corrected chi connectivity index (χ2v) is 7.66. The smallest absolute Gasteiger partial charge is 0.232 e. The van der Waals surface area contributed by atoms with E-state index >= 15 is 0 Å². The average Bonchev–Trinajstić information content (AvgIpc) is 3.14. The third-order valence-electron chi connectivity index (χ3n) is 4.32. The molecule has 1 aliphatic heterocycles.